The van der Waals surface area contributed by atoms with Crippen molar-refractivity contribution in [3.05, 3.63) is 29.8 Å². The Hall–Kier alpha value is -1.51. The molecule has 1 aromatic rings. The Morgan fingerprint density at radius 3 is 2.33 bits per heavy atom. The molecule has 0 saturated carbocycles. The smallest absolute Gasteiger partial charge is 0.115 e. The highest BCUT2D eigenvalue weighted by Gasteiger charge is 2.00. The first-order valence-electron chi connectivity index (χ1n) is 3.78. The summed E-state index contributed by atoms with van der Waals surface area (Å²) in [6.07, 6.45) is 0.668. The molecule has 0 atom stereocenters. The van der Waals surface area contributed by atoms with Gasteiger partial charge in [0.2, 0.25) is 0 Å². The molecule has 3 nitrogen and oxygen atoms in total. The maximum Gasteiger partial charge on any atom is 0.115 e. The van der Waals surface area contributed by atoms with E-state index >= 15 is 0 Å². The lowest BCUT2D eigenvalue weighted by Gasteiger charge is -2.00. The van der Waals surface area contributed by atoms with Gasteiger partial charge in [-0.1, -0.05) is 12.1 Å². The molecule has 0 saturated heterocycles. The van der Waals surface area contributed by atoms with E-state index < -0.39 is 0 Å². The fourth-order valence-electron chi connectivity index (χ4n) is 0.986. The van der Waals surface area contributed by atoms with Crippen LogP contribution < -0.4 is 0 Å². The number of nitrogens with zero attached hydrogens (tertiary/aromatic N) is 1. The predicted molar refractivity (Wildman–Crippen MR) is 46.7 cm³/mol. The summed E-state index contributed by atoms with van der Waals surface area (Å²) in [7, 11) is 0. The van der Waals surface area contributed by atoms with E-state index in [9.17, 15) is 0 Å². The molecule has 2 N–H and O–H groups in total. The van der Waals surface area contributed by atoms with Crippen LogP contribution in [0.4, 0.5) is 0 Å². The number of benzene rings is 1. The van der Waals surface area contributed by atoms with Crippen LogP contribution in [0.3, 0.4) is 0 Å². The monoisotopic (exact) mass is 165 g/mol. The summed E-state index contributed by atoms with van der Waals surface area (Å²) in [6.45, 7) is 1.90. The molecular weight excluding hydrogens is 154 g/mol. The van der Waals surface area contributed by atoms with E-state index in [-0.39, 0.29) is 5.75 Å². The molecule has 0 heterocycles. The van der Waals surface area contributed by atoms with E-state index in [0.29, 0.717) is 12.1 Å². The molecule has 0 aromatic heterocycles. The average Bonchev–Trinajstić information content (AvgIpc) is 2.10. The van der Waals surface area contributed by atoms with Crippen molar-refractivity contribution in [3.63, 3.8) is 0 Å². The van der Waals surface area contributed by atoms with Gasteiger partial charge in [0.05, 0.1) is 5.71 Å². The maximum atomic E-state index is 8.98. The van der Waals surface area contributed by atoms with Crippen LogP contribution >= 0.6 is 0 Å². The summed E-state index contributed by atoms with van der Waals surface area (Å²) >= 11 is 0. The van der Waals surface area contributed by atoms with Crippen molar-refractivity contribution >= 4 is 5.71 Å². The van der Waals surface area contributed by atoms with E-state index in [1.165, 1.54) is 0 Å². The van der Waals surface area contributed by atoms with Gasteiger partial charge in [0.15, 0.2) is 0 Å². The number of hydrogen-bond donors (Lipinski definition) is 2. The zero-order valence-electron chi connectivity index (χ0n) is 6.86. The minimum Gasteiger partial charge on any atom is -0.508 e. The van der Waals surface area contributed by atoms with Gasteiger partial charge in [0.25, 0.3) is 0 Å². The molecule has 0 aliphatic rings. The minimum atomic E-state index is 0.215. The number of phenols is 1. The average molecular weight is 165 g/mol. The van der Waals surface area contributed by atoms with Crippen molar-refractivity contribution in [1.82, 2.24) is 0 Å². The predicted octanol–water partition coefficient (Wildman–Crippen LogP) is 1.98. The molecule has 0 bridgehead atoms. The van der Waals surface area contributed by atoms with Crippen LogP contribution in [0.1, 0.15) is 18.9 Å². The molecule has 0 radical (unpaired) electrons. The Morgan fingerprint density at radius 1 is 1.33 bits per heavy atom. The normalized spacial score (nSPS) is 11.6. The lowest BCUT2D eigenvalue weighted by atomic mass is 10.1. The van der Waals surface area contributed by atoms with Gasteiger partial charge in [0.1, 0.15) is 5.75 Å². The molecule has 0 amide bonds. The van der Waals surface area contributed by atoms with Crippen LogP contribution in [0.5, 0.6) is 5.75 Å². The summed E-state index contributed by atoms with van der Waals surface area (Å²) in [5.41, 5.74) is 1.45. The Bertz CT molecular complexity index is 277. The summed E-state index contributed by atoms with van der Waals surface area (Å²) < 4.78 is 0. The van der Waals surface area contributed by atoms with Gasteiger partial charge in [0, 0.05) is 0 Å². The molecule has 0 fully saturated rings. The molecule has 1 rings (SSSR count). The highest BCUT2D eigenvalue weighted by atomic mass is 16.4. The van der Waals surface area contributed by atoms with Crippen LogP contribution in [-0.4, -0.2) is 16.0 Å². The topological polar surface area (TPSA) is 52.8 Å². The van der Waals surface area contributed by atoms with Gasteiger partial charge in [-0.2, -0.15) is 0 Å². The van der Waals surface area contributed by atoms with Crippen molar-refractivity contribution in [2.45, 2.75) is 13.3 Å². The van der Waals surface area contributed by atoms with Crippen molar-refractivity contribution in [2.75, 3.05) is 0 Å². The summed E-state index contributed by atoms with van der Waals surface area (Å²) in [5, 5.41) is 20.7. The van der Waals surface area contributed by atoms with E-state index in [4.69, 9.17) is 10.3 Å². The van der Waals surface area contributed by atoms with E-state index in [1.807, 2.05) is 6.92 Å². The molecule has 0 aliphatic heterocycles. The zero-order valence-corrected chi connectivity index (χ0v) is 6.86. The second-order valence-corrected chi connectivity index (χ2v) is 2.45. The lowest BCUT2D eigenvalue weighted by Crippen LogP contribution is -1.97. The van der Waals surface area contributed by atoms with Gasteiger partial charge in [-0.3, -0.25) is 0 Å². The molecule has 3 heteroatoms. The molecule has 0 spiro atoms. The van der Waals surface area contributed by atoms with Crippen LogP contribution in [0.15, 0.2) is 29.4 Å². The van der Waals surface area contributed by atoms with Crippen molar-refractivity contribution in [1.29, 1.82) is 0 Å². The first-order valence-corrected chi connectivity index (χ1v) is 3.78. The number of oxime groups is 1. The standard InChI is InChI=1S/C9H11NO2/c1-2-9(10-12)7-3-5-8(11)6-4-7/h3-6,11-12H,2H2,1H3/b10-9-. The van der Waals surface area contributed by atoms with Crippen molar-refractivity contribution < 1.29 is 10.3 Å². The Kier molecular flexibility index (Phi) is 2.69. The molecule has 12 heavy (non-hydrogen) atoms. The van der Waals surface area contributed by atoms with Gasteiger partial charge in [-0.15, -0.1) is 0 Å². The summed E-state index contributed by atoms with van der Waals surface area (Å²) in [4.78, 5) is 0. The van der Waals surface area contributed by atoms with Crippen molar-refractivity contribution in [2.24, 2.45) is 5.16 Å². The lowest BCUT2D eigenvalue weighted by molar-refractivity contribution is 0.318. The molecule has 1 aromatic carbocycles. The van der Waals surface area contributed by atoms with Gasteiger partial charge < -0.3 is 10.3 Å². The minimum absolute atomic E-state index is 0.215. The highest BCUT2D eigenvalue weighted by Crippen LogP contribution is 2.11. The third-order valence-electron chi connectivity index (χ3n) is 1.66. The number of phenolic OH excluding ortho intramolecular Hbond substituents is 1. The fraction of sp³-hybridized carbons (Fsp3) is 0.222. The van der Waals surface area contributed by atoms with Crippen molar-refractivity contribution in [3.8, 4) is 5.75 Å². The summed E-state index contributed by atoms with van der Waals surface area (Å²) in [6, 6.07) is 6.56. The van der Waals surface area contributed by atoms with E-state index in [0.717, 1.165) is 5.56 Å². The van der Waals surface area contributed by atoms with Crippen LogP contribution in [-0.2, 0) is 0 Å². The number of aromatic hydroxyl groups is 1. The van der Waals surface area contributed by atoms with E-state index in [2.05, 4.69) is 5.16 Å². The summed E-state index contributed by atoms with van der Waals surface area (Å²) in [5.74, 6) is 0.215. The SMILES string of the molecule is CC/C(=N/O)c1ccc(O)cc1. The molecule has 64 valence electrons. The van der Waals surface area contributed by atoms with Crippen LogP contribution in [0.2, 0.25) is 0 Å². The first kappa shape index (κ1) is 8.59. The van der Waals surface area contributed by atoms with Crippen LogP contribution in [0, 0.1) is 0 Å². The number of hydrogen-bond acceptors (Lipinski definition) is 3. The first-order chi connectivity index (χ1) is 5.77. The second-order valence-electron chi connectivity index (χ2n) is 2.45. The Labute approximate surface area is 71.0 Å². The second kappa shape index (κ2) is 3.76. The Balaban J connectivity index is 2.96. The molecule has 0 aliphatic carbocycles. The molecular formula is C9H11NO2. The highest BCUT2D eigenvalue weighted by molar-refractivity contribution is 6.00. The van der Waals surface area contributed by atoms with E-state index in [1.54, 1.807) is 24.3 Å². The largest absolute Gasteiger partial charge is 0.508 e. The third kappa shape index (κ3) is 1.75. The quantitative estimate of drug-likeness (QED) is 0.400. The molecule has 0 unspecified atom stereocenters. The third-order valence-corrected chi connectivity index (χ3v) is 1.66. The number of rotatable bonds is 2. The maximum absolute atomic E-state index is 8.98. The van der Waals surface area contributed by atoms with Gasteiger partial charge in [-0.25, -0.2) is 0 Å². The van der Waals surface area contributed by atoms with Crippen LogP contribution in [0.25, 0.3) is 0 Å². The Morgan fingerprint density at radius 2 is 1.92 bits per heavy atom. The van der Waals surface area contributed by atoms with Gasteiger partial charge in [-0.05, 0) is 36.2 Å². The van der Waals surface area contributed by atoms with Gasteiger partial charge >= 0.3 is 0 Å². The fourth-order valence-corrected chi connectivity index (χ4v) is 0.986. The zero-order chi connectivity index (χ0) is 8.97.